The van der Waals surface area contributed by atoms with Crippen LogP contribution in [0.1, 0.15) is 12.1 Å². The Kier molecular flexibility index (Phi) is 4.44. The molecule has 2 heterocycles. The van der Waals surface area contributed by atoms with E-state index in [2.05, 4.69) is 9.98 Å². The van der Waals surface area contributed by atoms with Crippen LogP contribution in [-0.2, 0) is 4.79 Å². The average molecular weight is 335 g/mol. The van der Waals surface area contributed by atoms with Crippen molar-refractivity contribution < 1.29 is 19.7 Å². The van der Waals surface area contributed by atoms with Crippen molar-refractivity contribution in [3.63, 3.8) is 0 Å². The second-order valence-electron chi connectivity index (χ2n) is 5.22. The standard InChI is InChI=1S/C15H17N3O4S/c16-11-5-9(22-2-1-19)3-8-4-12(18-14(8)11)15-17-7-10(23-15)6-13(20)21/h3-5,10,18-19H,1-2,6-7,16H2,(H,20,21). The highest BCUT2D eigenvalue weighted by atomic mass is 32.2. The van der Waals surface area contributed by atoms with Gasteiger partial charge in [0.05, 0.1) is 36.5 Å². The van der Waals surface area contributed by atoms with Crippen LogP contribution >= 0.6 is 11.8 Å². The largest absolute Gasteiger partial charge is 0.491 e. The van der Waals surface area contributed by atoms with Gasteiger partial charge in [-0.2, -0.15) is 0 Å². The van der Waals surface area contributed by atoms with Gasteiger partial charge >= 0.3 is 5.97 Å². The Morgan fingerprint density at radius 3 is 3.04 bits per heavy atom. The number of aliphatic carboxylic acids is 1. The summed E-state index contributed by atoms with van der Waals surface area (Å²) in [4.78, 5) is 18.4. The minimum Gasteiger partial charge on any atom is -0.491 e. The predicted molar refractivity (Wildman–Crippen MR) is 90.3 cm³/mol. The highest BCUT2D eigenvalue weighted by Gasteiger charge is 2.24. The van der Waals surface area contributed by atoms with Gasteiger partial charge in [-0.25, -0.2) is 0 Å². The number of nitrogens with two attached hydrogens (primary N) is 1. The maximum Gasteiger partial charge on any atom is 0.304 e. The van der Waals surface area contributed by atoms with Crippen LogP contribution in [0.2, 0.25) is 0 Å². The molecule has 8 heteroatoms. The summed E-state index contributed by atoms with van der Waals surface area (Å²) < 4.78 is 5.40. The molecule has 0 saturated heterocycles. The lowest BCUT2D eigenvalue weighted by atomic mass is 10.2. The summed E-state index contributed by atoms with van der Waals surface area (Å²) in [5, 5.41) is 19.3. The number of hydrogen-bond donors (Lipinski definition) is 4. The van der Waals surface area contributed by atoms with Crippen LogP contribution in [-0.4, -0.2) is 51.2 Å². The monoisotopic (exact) mass is 335 g/mol. The van der Waals surface area contributed by atoms with E-state index in [0.29, 0.717) is 18.0 Å². The van der Waals surface area contributed by atoms with Crippen molar-refractivity contribution in [3.05, 3.63) is 23.9 Å². The molecular weight excluding hydrogens is 318 g/mol. The van der Waals surface area contributed by atoms with Crippen LogP contribution in [0.25, 0.3) is 10.9 Å². The number of H-pyrrole nitrogens is 1. The molecule has 122 valence electrons. The fourth-order valence-corrected chi connectivity index (χ4v) is 3.55. The molecule has 1 aromatic carbocycles. The van der Waals surface area contributed by atoms with E-state index in [4.69, 9.17) is 20.7 Å². The molecule has 7 nitrogen and oxygen atoms in total. The zero-order valence-corrected chi connectivity index (χ0v) is 13.1. The van der Waals surface area contributed by atoms with Crippen molar-refractivity contribution in [1.82, 2.24) is 4.98 Å². The van der Waals surface area contributed by atoms with Gasteiger partial charge in [0.15, 0.2) is 0 Å². The SMILES string of the molecule is Nc1cc(OCCO)cc2cc(C3=NCC(CC(=O)O)S3)[nH]c12. The molecule has 23 heavy (non-hydrogen) atoms. The molecule has 1 atom stereocenters. The van der Waals surface area contributed by atoms with Gasteiger partial charge in [-0.3, -0.25) is 9.79 Å². The van der Waals surface area contributed by atoms with Crippen molar-refractivity contribution in [2.24, 2.45) is 4.99 Å². The molecule has 0 fully saturated rings. The van der Waals surface area contributed by atoms with Crippen LogP contribution in [0, 0.1) is 0 Å². The molecule has 1 aliphatic rings. The highest BCUT2D eigenvalue weighted by Crippen LogP contribution is 2.32. The Hall–Kier alpha value is -2.19. The van der Waals surface area contributed by atoms with Crippen molar-refractivity contribution in [1.29, 1.82) is 0 Å². The van der Waals surface area contributed by atoms with Crippen LogP contribution in [0.4, 0.5) is 5.69 Å². The van der Waals surface area contributed by atoms with Gasteiger partial charge in [-0.05, 0) is 12.1 Å². The Morgan fingerprint density at radius 2 is 2.30 bits per heavy atom. The fourth-order valence-electron chi connectivity index (χ4n) is 2.47. The molecule has 0 bridgehead atoms. The van der Waals surface area contributed by atoms with E-state index in [0.717, 1.165) is 21.6 Å². The van der Waals surface area contributed by atoms with Crippen LogP contribution in [0.5, 0.6) is 5.75 Å². The lowest BCUT2D eigenvalue weighted by molar-refractivity contribution is -0.136. The number of nitrogens with zero attached hydrogens (tertiary/aromatic N) is 1. The number of ether oxygens (including phenoxy) is 1. The maximum atomic E-state index is 10.8. The molecule has 0 saturated carbocycles. The summed E-state index contributed by atoms with van der Waals surface area (Å²) in [5.74, 6) is -0.218. The number of aliphatic hydroxyl groups excluding tert-OH is 1. The Bertz CT molecular complexity index is 771. The summed E-state index contributed by atoms with van der Waals surface area (Å²) in [6.45, 7) is 0.651. The summed E-state index contributed by atoms with van der Waals surface area (Å²) in [6, 6.07) is 5.47. The lowest BCUT2D eigenvalue weighted by Gasteiger charge is -2.05. The molecule has 0 spiro atoms. The number of nitrogens with one attached hydrogen (secondary N) is 1. The van der Waals surface area contributed by atoms with Gasteiger partial charge in [0.25, 0.3) is 0 Å². The molecule has 0 amide bonds. The number of benzene rings is 1. The van der Waals surface area contributed by atoms with E-state index in [1.165, 1.54) is 11.8 Å². The number of aromatic amines is 1. The molecular formula is C15H17N3O4S. The minimum atomic E-state index is -0.814. The first-order valence-corrected chi connectivity index (χ1v) is 8.04. The Morgan fingerprint density at radius 1 is 1.48 bits per heavy atom. The molecule has 1 aromatic heterocycles. The molecule has 0 aliphatic carbocycles. The lowest BCUT2D eigenvalue weighted by Crippen LogP contribution is -2.10. The first-order chi connectivity index (χ1) is 11.1. The van der Waals surface area contributed by atoms with E-state index in [-0.39, 0.29) is 24.9 Å². The van der Waals surface area contributed by atoms with Gasteiger partial charge in [0.2, 0.25) is 0 Å². The first kappa shape index (κ1) is 15.7. The molecule has 2 aromatic rings. The summed E-state index contributed by atoms with van der Waals surface area (Å²) in [5.41, 5.74) is 8.20. The quantitative estimate of drug-likeness (QED) is 0.593. The zero-order chi connectivity index (χ0) is 16.4. The van der Waals surface area contributed by atoms with E-state index in [1.54, 1.807) is 6.07 Å². The number of rotatable bonds is 6. The van der Waals surface area contributed by atoms with Gasteiger partial charge in [-0.1, -0.05) is 11.8 Å². The first-order valence-electron chi connectivity index (χ1n) is 7.16. The number of aliphatic hydroxyl groups is 1. The third-order valence-electron chi connectivity index (χ3n) is 3.44. The van der Waals surface area contributed by atoms with Crippen molar-refractivity contribution in [2.75, 3.05) is 25.5 Å². The van der Waals surface area contributed by atoms with Crippen LogP contribution in [0.3, 0.4) is 0 Å². The zero-order valence-electron chi connectivity index (χ0n) is 12.3. The predicted octanol–water partition coefficient (Wildman–Crippen LogP) is 1.46. The summed E-state index contributed by atoms with van der Waals surface area (Å²) in [7, 11) is 0. The van der Waals surface area contributed by atoms with Gasteiger partial charge in [-0.15, -0.1) is 0 Å². The molecule has 1 aliphatic heterocycles. The fraction of sp³-hybridized carbons (Fsp3) is 0.333. The number of carboxylic acids is 1. The van der Waals surface area contributed by atoms with E-state index in [9.17, 15) is 4.79 Å². The highest BCUT2D eigenvalue weighted by molar-refractivity contribution is 8.15. The number of nitrogen functional groups attached to an aromatic ring is 1. The van der Waals surface area contributed by atoms with E-state index >= 15 is 0 Å². The van der Waals surface area contributed by atoms with Gasteiger partial charge in [0, 0.05) is 16.7 Å². The normalized spacial score (nSPS) is 17.4. The molecule has 0 radical (unpaired) electrons. The maximum absolute atomic E-state index is 10.8. The molecule has 1 unspecified atom stereocenters. The minimum absolute atomic E-state index is 0.0327. The summed E-state index contributed by atoms with van der Waals surface area (Å²) >= 11 is 1.46. The second-order valence-corrected chi connectivity index (χ2v) is 6.50. The number of carbonyl (C=O) groups is 1. The van der Waals surface area contributed by atoms with Gasteiger partial charge in [0.1, 0.15) is 17.4 Å². The van der Waals surface area contributed by atoms with E-state index < -0.39 is 5.97 Å². The number of carboxylic acid groups (broad SMARTS) is 1. The number of anilines is 1. The van der Waals surface area contributed by atoms with Crippen LogP contribution < -0.4 is 10.5 Å². The van der Waals surface area contributed by atoms with Crippen molar-refractivity contribution in [2.45, 2.75) is 11.7 Å². The second kappa shape index (κ2) is 6.51. The third-order valence-corrected chi connectivity index (χ3v) is 4.66. The Labute approximate surface area is 136 Å². The number of thioether (sulfide) groups is 1. The Balaban J connectivity index is 1.83. The number of aromatic nitrogens is 1. The molecule has 5 N–H and O–H groups in total. The number of fused-ring (bicyclic) bond motifs is 1. The average Bonchev–Trinajstić information content (AvgIpc) is 3.11. The van der Waals surface area contributed by atoms with Crippen LogP contribution in [0.15, 0.2) is 23.2 Å². The number of hydrogen-bond acceptors (Lipinski definition) is 6. The van der Waals surface area contributed by atoms with Crippen molar-refractivity contribution >= 4 is 39.4 Å². The molecule has 3 rings (SSSR count). The summed E-state index contributed by atoms with van der Waals surface area (Å²) in [6.07, 6.45) is 0.0964. The van der Waals surface area contributed by atoms with Crippen molar-refractivity contribution in [3.8, 4) is 5.75 Å². The smallest absolute Gasteiger partial charge is 0.304 e. The van der Waals surface area contributed by atoms with Gasteiger partial charge < -0.3 is 25.7 Å². The number of aliphatic imine (C=N–C) groups is 1. The van der Waals surface area contributed by atoms with E-state index in [1.807, 2.05) is 12.1 Å². The topological polar surface area (TPSA) is 121 Å². The third kappa shape index (κ3) is 3.43.